The number of methoxy groups -OCH3 is 1. The third-order valence-corrected chi connectivity index (χ3v) is 5.75. The summed E-state index contributed by atoms with van der Waals surface area (Å²) < 4.78 is 44.1. The first-order chi connectivity index (χ1) is 12.2. The van der Waals surface area contributed by atoms with E-state index in [2.05, 4.69) is 4.74 Å². The van der Waals surface area contributed by atoms with E-state index < -0.39 is 36.7 Å². The molecule has 0 spiro atoms. The molecule has 0 heterocycles. The van der Waals surface area contributed by atoms with Crippen molar-refractivity contribution in [3.63, 3.8) is 0 Å². The average molecular weight is 403 g/mol. The molecule has 2 atom stereocenters. The molecule has 0 aliphatic carbocycles. The van der Waals surface area contributed by atoms with E-state index in [4.69, 9.17) is 14.8 Å². The van der Waals surface area contributed by atoms with Crippen molar-refractivity contribution in [3.8, 4) is 0 Å². The van der Waals surface area contributed by atoms with Gasteiger partial charge in [-0.05, 0) is 59.1 Å². The SMILES string of the molecule is COC(=O)[C@@H](N)Cc1ccc(C(F)P(=O)(OC(C)(C)C)OC(C)(C)C)cc1. The predicted molar refractivity (Wildman–Crippen MR) is 103 cm³/mol. The quantitative estimate of drug-likeness (QED) is 0.532. The zero-order valence-corrected chi connectivity index (χ0v) is 18.0. The van der Waals surface area contributed by atoms with Crippen LogP contribution < -0.4 is 5.73 Å². The monoisotopic (exact) mass is 403 g/mol. The van der Waals surface area contributed by atoms with Crippen LogP contribution in [-0.2, 0) is 29.6 Å². The number of alkyl halides is 1. The molecule has 1 rings (SSSR count). The van der Waals surface area contributed by atoms with Gasteiger partial charge in [0, 0.05) is 0 Å². The molecule has 27 heavy (non-hydrogen) atoms. The zero-order valence-electron chi connectivity index (χ0n) is 17.1. The molecule has 154 valence electrons. The second-order valence-corrected chi connectivity index (χ2v) is 10.3. The Morgan fingerprint density at radius 1 is 1.07 bits per heavy atom. The van der Waals surface area contributed by atoms with Crippen LogP contribution in [0.15, 0.2) is 24.3 Å². The highest BCUT2D eigenvalue weighted by Crippen LogP contribution is 2.65. The largest absolute Gasteiger partial charge is 0.468 e. The second-order valence-electron chi connectivity index (χ2n) is 8.36. The van der Waals surface area contributed by atoms with Crippen molar-refractivity contribution >= 4 is 13.6 Å². The Morgan fingerprint density at radius 3 is 1.89 bits per heavy atom. The minimum absolute atomic E-state index is 0.169. The zero-order chi connectivity index (χ0) is 21.0. The normalized spacial score (nSPS) is 15.3. The van der Waals surface area contributed by atoms with Gasteiger partial charge in [-0.2, -0.15) is 0 Å². The fourth-order valence-electron chi connectivity index (χ4n) is 2.36. The maximum Gasteiger partial charge on any atom is 0.370 e. The highest BCUT2D eigenvalue weighted by Gasteiger charge is 2.44. The second kappa shape index (κ2) is 8.82. The Bertz CT molecular complexity index is 659. The number of nitrogens with two attached hydrogens (primary N) is 1. The number of halogens is 1. The molecular weight excluding hydrogens is 372 g/mol. The highest BCUT2D eigenvalue weighted by atomic mass is 31.2. The lowest BCUT2D eigenvalue weighted by Crippen LogP contribution is -2.33. The number of carbonyl (C=O) groups excluding carboxylic acids is 1. The molecule has 1 aromatic rings. The van der Waals surface area contributed by atoms with Crippen LogP contribution in [0.3, 0.4) is 0 Å². The van der Waals surface area contributed by atoms with Crippen molar-refractivity contribution in [2.45, 2.75) is 71.1 Å². The maximum atomic E-state index is 15.2. The third kappa shape index (κ3) is 7.70. The minimum Gasteiger partial charge on any atom is -0.468 e. The summed E-state index contributed by atoms with van der Waals surface area (Å²) in [6.07, 6.45) is 0.249. The molecule has 1 aromatic carbocycles. The van der Waals surface area contributed by atoms with E-state index >= 15 is 4.39 Å². The van der Waals surface area contributed by atoms with Gasteiger partial charge in [-0.1, -0.05) is 24.3 Å². The topological polar surface area (TPSA) is 87.9 Å². The van der Waals surface area contributed by atoms with Crippen LogP contribution in [0.25, 0.3) is 0 Å². The molecule has 2 N–H and O–H groups in total. The summed E-state index contributed by atoms with van der Waals surface area (Å²) in [5, 5.41) is 0. The molecule has 0 aliphatic heterocycles. The summed E-state index contributed by atoms with van der Waals surface area (Å²) in [5.74, 6) is -2.47. The molecular formula is C19H31FNO5P. The summed E-state index contributed by atoms with van der Waals surface area (Å²) in [6, 6.07) is 5.44. The van der Waals surface area contributed by atoms with Crippen molar-refractivity contribution in [2.24, 2.45) is 5.73 Å². The molecule has 8 heteroatoms. The number of hydrogen-bond acceptors (Lipinski definition) is 6. The molecule has 0 amide bonds. The van der Waals surface area contributed by atoms with E-state index in [1.54, 1.807) is 53.7 Å². The lowest BCUT2D eigenvalue weighted by Gasteiger charge is -2.33. The first-order valence-corrected chi connectivity index (χ1v) is 10.4. The Labute approximate surface area is 161 Å². The maximum absolute atomic E-state index is 15.2. The van der Waals surface area contributed by atoms with Gasteiger partial charge >= 0.3 is 13.6 Å². The van der Waals surface area contributed by atoms with E-state index in [1.165, 1.54) is 19.2 Å². The number of benzene rings is 1. The van der Waals surface area contributed by atoms with Gasteiger partial charge in [-0.3, -0.25) is 9.36 Å². The van der Waals surface area contributed by atoms with Crippen LogP contribution in [0, 0.1) is 0 Å². The summed E-state index contributed by atoms with van der Waals surface area (Å²) in [6.45, 7) is 10.1. The van der Waals surface area contributed by atoms with E-state index in [0.717, 1.165) is 5.56 Å². The van der Waals surface area contributed by atoms with Gasteiger partial charge in [0.15, 0.2) is 0 Å². The number of ether oxygens (including phenoxy) is 1. The van der Waals surface area contributed by atoms with Gasteiger partial charge in [0.1, 0.15) is 6.04 Å². The van der Waals surface area contributed by atoms with E-state index in [9.17, 15) is 9.36 Å². The van der Waals surface area contributed by atoms with Crippen molar-refractivity contribution in [1.82, 2.24) is 0 Å². The number of esters is 1. The van der Waals surface area contributed by atoms with Crippen LogP contribution >= 0.6 is 7.60 Å². The Morgan fingerprint density at radius 2 is 1.52 bits per heavy atom. The Kier molecular flexibility index (Phi) is 7.77. The standard InChI is InChI=1S/C19H31FNO5P/c1-18(2,3)25-27(23,26-19(4,5)6)16(20)14-10-8-13(9-11-14)12-15(21)17(22)24-7/h8-11,15-16H,12,21H2,1-7H3/t15-,16?/m0/s1. The first-order valence-electron chi connectivity index (χ1n) is 8.74. The Hall–Kier alpha value is -1.27. The Balaban J connectivity index is 3.06. The van der Waals surface area contributed by atoms with E-state index in [1.807, 2.05) is 0 Å². The predicted octanol–water partition coefficient (Wildman–Crippen LogP) is 4.52. The van der Waals surface area contributed by atoms with Gasteiger partial charge < -0.3 is 19.5 Å². The van der Waals surface area contributed by atoms with Gasteiger partial charge in [0.2, 0.25) is 5.91 Å². The van der Waals surface area contributed by atoms with Crippen molar-refractivity contribution < 1.29 is 27.5 Å². The average Bonchev–Trinajstić information content (AvgIpc) is 2.50. The molecule has 0 fully saturated rings. The summed E-state index contributed by atoms with van der Waals surface area (Å²) in [5.41, 5.74) is 4.93. The van der Waals surface area contributed by atoms with Crippen molar-refractivity contribution in [1.29, 1.82) is 0 Å². The molecule has 0 saturated heterocycles. The smallest absolute Gasteiger partial charge is 0.370 e. The first kappa shape index (κ1) is 23.8. The molecule has 0 radical (unpaired) electrons. The molecule has 6 nitrogen and oxygen atoms in total. The molecule has 0 saturated carbocycles. The molecule has 0 aliphatic rings. The lowest BCUT2D eigenvalue weighted by molar-refractivity contribution is -0.142. The van der Waals surface area contributed by atoms with E-state index in [-0.39, 0.29) is 12.0 Å². The molecule has 1 unspecified atom stereocenters. The molecule has 0 aromatic heterocycles. The van der Waals surface area contributed by atoms with Gasteiger partial charge in [0.25, 0.3) is 0 Å². The van der Waals surface area contributed by atoms with Crippen LogP contribution in [0.5, 0.6) is 0 Å². The van der Waals surface area contributed by atoms with Crippen molar-refractivity contribution in [3.05, 3.63) is 35.4 Å². The van der Waals surface area contributed by atoms with Crippen LogP contribution in [0.1, 0.15) is 58.6 Å². The highest BCUT2D eigenvalue weighted by molar-refractivity contribution is 7.54. The fraction of sp³-hybridized carbons (Fsp3) is 0.632. The number of rotatable bonds is 7. The van der Waals surface area contributed by atoms with Crippen molar-refractivity contribution in [2.75, 3.05) is 7.11 Å². The molecule has 0 bridgehead atoms. The van der Waals surface area contributed by atoms with Gasteiger partial charge in [-0.25, -0.2) is 4.39 Å². The van der Waals surface area contributed by atoms with Crippen LogP contribution in [-0.4, -0.2) is 30.3 Å². The van der Waals surface area contributed by atoms with Gasteiger partial charge in [0.05, 0.1) is 18.3 Å². The third-order valence-electron chi connectivity index (χ3n) is 3.29. The fourth-order valence-corrected chi connectivity index (χ4v) is 4.64. The lowest BCUT2D eigenvalue weighted by atomic mass is 10.1. The number of carbonyl (C=O) groups is 1. The summed E-state index contributed by atoms with van der Waals surface area (Å²) in [7, 11) is -2.84. The van der Waals surface area contributed by atoms with Crippen LogP contribution in [0.2, 0.25) is 0 Å². The van der Waals surface area contributed by atoms with Crippen LogP contribution in [0.4, 0.5) is 4.39 Å². The summed E-state index contributed by atoms with van der Waals surface area (Å²) >= 11 is 0. The number of hydrogen-bond donors (Lipinski definition) is 1. The van der Waals surface area contributed by atoms with E-state index in [0.29, 0.717) is 0 Å². The van der Waals surface area contributed by atoms with Gasteiger partial charge in [-0.15, -0.1) is 0 Å². The minimum atomic E-state index is -4.10. The summed E-state index contributed by atoms with van der Waals surface area (Å²) in [4.78, 5) is 11.4.